The molecule has 2 aromatic heterocycles. The van der Waals surface area contributed by atoms with Crippen LogP contribution in [0.4, 0.5) is 15.9 Å². The van der Waals surface area contributed by atoms with E-state index in [2.05, 4.69) is 20.3 Å². The molecule has 1 aliphatic heterocycles. The molecule has 3 heterocycles. The monoisotopic (exact) mass is 405 g/mol. The minimum absolute atomic E-state index is 0.101. The van der Waals surface area contributed by atoms with Crippen LogP contribution in [0.25, 0.3) is 11.2 Å². The number of hydrogen-bond acceptors (Lipinski definition) is 9. The summed E-state index contributed by atoms with van der Waals surface area (Å²) in [6.45, 7) is 1.77. The van der Waals surface area contributed by atoms with Gasteiger partial charge in [-0.3, -0.25) is 4.57 Å². The minimum Gasteiger partial charge on any atom is -0.508 e. The highest BCUT2D eigenvalue weighted by Crippen LogP contribution is 2.33. The summed E-state index contributed by atoms with van der Waals surface area (Å²) in [6.07, 6.45) is -2.57. The molecule has 1 saturated heterocycles. The van der Waals surface area contributed by atoms with Crippen molar-refractivity contribution in [1.82, 2.24) is 19.5 Å². The molecule has 29 heavy (non-hydrogen) atoms. The number of methoxy groups -OCH3 is 1. The maximum atomic E-state index is 14.1. The summed E-state index contributed by atoms with van der Waals surface area (Å²) in [4.78, 5) is 12.9. The fourth-order valence-electron chi connectivity index (χ4n) is 3.29. The van der Waals surface area contributed by atoms with Crippen LogP contribution >= 0.6 is 0 Å². The zero-order chi connectivity index (χ0) is 20.7. The molecule has 0 bridgehead atoms. The lowest BCUT2D eigenvalue weighted by Gasteiger charge is -2.17. The molecular weight excluding hydrogens is 385 g/mol. The molecule has 0 saturated carbocycles. The number of aryl methyl sites for hydroxylation is 1. The summed E-state index contributed by atoms with van der Waals surface area (Å²) in [5.41, 5.74) is 0.765. The molecule has 0 aliphatic carbocycles. The van der Waals surface area contributed by atoms with Crippen LogP contribution in [0.1, 0.15) is 12.1 Å². The largest absolute Gasteiger partial charge is 0.508 e. The van der Waals surface area contributed by atoms with Crippen molar-refractivity contribution in [2.45, 2.75) is 31.5 Å². The van der Waals surface area contributed by atoms with E-state index in [9.17, 15) is 19.7 Å². The van der Waals surface area contributed by atoms with Crippen LogP contribution in [0.15, 0.2) is 24.5 Å². The third kappa shape index (κ3) is 3.49. The van der Waals surface area contributed by atoms with Gasteiger partial charge in [-0.1, -0.05) is 0 Å². The number of imidazole rings is 1. The van der Waals surface area contributed by atoms with Gasteiger partial charge in [-0.25, -0.2) is 19.3 Å². The standard InChI is InChI=1S/C18H20FN5O5/c1-8-21-16(23-11-4-3-9(25)5-10(11)19)13-17(22-8)24(7-20-13)18-15(27)14(26)12(29-18)6-28-2/h3-5,7,12,14-15,18,25-27H,6H2,1-2H3,(H,21,22,23). The van der Waals surface area contributed by atoms with Crippen molar-refractivity contribution >= 4 is 22.7 Å². The molecule has 3 aromatic rings. The first-order chi connectivity index (χ1) is 13.9. The number of benzene rings is 1. The first-order valence-corrected chi connectivity index (χ1v) is 8.86. The second-order valence-corrected chi connectivity index (χ2v) is 6.73. The lowest BCUT2D eigenvalue weighted by molar-refractivity contribution is -0.0580. The van der Waals surface area contributed by atoms with Crippen LogP contribution in [0.2, 0.25) is 0 Å². The zero-order valence-electron chi connectivity index (χ0n) is 15.7. The van der Waals surface area contributed by atoms with Crippen molar-refractivity contribution < 1.29 is 29.2 Å². The normalized spacial score (nSPS) is 24.3. The molecule has 0 radical (unpaired) electrons. The fourth-order valence-corrected chi connectivity index (χ4v) is 3.29. The van der Waals surface area contributed by atoms with E-state index in [4.69, 9.17) is 9.47 Å². The Bertz CT molecular complexity index is 1040. The van der Waals surface area contributed by atoms with Crippen molar-refractivity contribution in [3.63, 3.8) is 0 Å². The quantitative estimate of drug-likeness (QED) is 0.458. The Labute approximate surface area is 164 Å². The first kappa shape index (κ1) is 19.5. The van der Waals surface area contributed by atoms with E-state index in [1.54, 1.807) is 6.92 Å². The number of aliphatic hydroxyl groups is 2. The third-order valence-electron chi connectivity index (χ3n) is 4.68. The molecule has 1 aliphatic rings. The molecular formula is C18H20FN5O5. The van der Waals surface area contributed by atoms with E-state index in [-0.39, 0.29) is 23.9 Å². The van der Waals surface area contributed by atoms with Crippen molar-refractivity contribution in [3.05, 3.63) is 36.2 Å². The number of aliphatic hydroxyl groups excluding tert-OH is 2. The van der Waals surface area contributed by atoms with Gasteiger partial charge in [0.05, 0.1) is 18.6 Å². The van der Waals surface area contributed by atoms with Crippen molar-refractivity contribution in [2.75, 3.05) is 19.0 Å². The molecule has 154 valence electrons. The van der Waals surface area contributed by atoms with Crippen LogP contribution in [0.5, 0.6) is 5.75 Å². The molecule has 4 N–H and O–H groups in total. The molecule has 1 aromatic carbocycles. The van der Waals surface area contributed by atoms with E-state index in [0.717, 1.165) is 6.07 Å². The summed E-state index contributed by atoms with van der Waals surface area (Å²) in [5.74, 6) is -0.230. The van der Waals surface area contributed by atoms with Crippen molar-refractivity contribution in [2.24, 2.45) is 0 Å². The van der Waals surface area contributed by atoms with Gasteiger partial charge in [-0.05, 0) is 19.1 Å². The number of nitrogens with one attached hydrogen (secondary N) is 1. The molecule has 4 unspecified atom stereocenters. The number of hydrogen-bond donors (Lipinski definition) is 4. The van der Waals surface area contributed by atoms with Gasteiger partial charge in [0.1, 0.15) is 35.7 Å². The summed E-state index contributed by atoms with van der Waals surface area (Å²) >= 11 is 0. The molecule has 4 atom stereocenters. The number of anilines is 2. The lowest BCUT2D eigenvalue weighted by Crippen LogP contribution is -2.33. The Morgan fingerprint density at radius 3 is 2.79 bits per heavy atom. The SMILES string of the molecule is COCC1OC(n2cnc3c(Nc4ccc(O)cc4F)nc(C)nc32)C(O)C1O. The van der Waals surface area contributed by atoms with Crippen molar-refractivity contribution in [3.8, 4) is 5.75 Å². The second-order valence-electron chi connectivity index (χ2n) is 6.73. The Balaban J connectivity index is 1.72. The summed E-state index contributed by atoms with van der Waals surface area (Å²) in [7, 11) is 1.47. The number of aromatic hydroxyl groups is 1. The maximum absolute atomic E-state index is 14.1. The van der Waals surface area contributed by atoms with Crippen LogP contribution in [0, 0.1) is 12.7 Å². The average Bonchev–Trinajstić information content (AvgIpc) is 3.20. The molecule has 0 amide bonds. The topological polar surface area (TPSA) is 135 Å². The summed E-state index contributed by atoms with van der Waals surface area (Å²) in [5, 5.41) is 32.8. The molecule has 1 fully saturated rings. The molecule has 11 heteroatoms. The van der Waals surface area contributed by atoms with E-state index < -0.39 is 30.4 Å². The molecule has 4 rings (SSSR count). The average molecular weight is 405 g/mol. The van der Waals surface area contributed by atoms with Gasteiger partial charge in [0.2, 0.25) is 0 Å². The number of phenolic OH excluding ortho intramolecular Hbond substituents is 1. The lowest BCUT2D eigenvalue weighted by atomic mass is 10.1. The van der Waals surface area contributed by atoms with Crippen molar-refractivity contribution in [1.29, 1.82) is 0 Å². The number of nitrogens with zero attached hydrogens (tertiary/aromatic N) is 4. The smallest absolute Gasteiger partial charge is 0.167 e. The Kier molecular flexibility index (Phi) is 5.04. The van der Waals surface area contributed by atoms with Gasteiger partial charge in [-0.2, -0.15) is 0 Å². The predicted octanol–water partition coefficient (Wildman–Crippen LogP) is 0.989. The molecule has 0 spiro atoms. The van der Waals surface area contributed by atoms with Gasteiger partial charge in [0, 0.05) is 13.2 Å². The zero-order valence-corrected chi connectivity index (χ0v) is 15.7. The van der Waals surface area contributed by atoms with E-state index >= 15 is 0 Å². The highest BCUT2D eigenvalue weighted by molar-refractivity contribution is 5.85. The third-order valence-corrected chi connectivity index (χ3v) is 4.68. The maximum Gasteiger partial charge on any atom is 0.167 e. The summed E-state index contributed by atoms with van der Waals surface area (Å²) < 4.78 is 26.4. The highest BCUT2D eigenvalue weighted by atomic mass is 19.1. The highest BCUT2D eigenvalue weighted by Gasteiger charge is 2.44. The number of rotatable bonds is 5. The second kappa shape index (κ2) is 7.52. The number of ether oxygens (including phenoxy) is 2. The van der Waals surface area contributed by atoms with Crippen LogP contribution in [-0.2, 0) is 9.47 Å². The number of phenols is 1. The number of aromatic nitrogens is 4. The van der Waals surface area contributed by atoms with Gasteiger partial charge in [0.15, 0.2) is 23.2 Å². The van der Waals surface area contributed by atoms with Gasteiger partial charge in [-0.15, -0.1) is 0 Å². The van der Waals surface area contributed by atoms with Gasteiger partial charge >= 0.3 is 0 Å². The number of halogens is 1. The minimum atomic E-state index is -1.21. The van der Waals surface area contributed by atoms with E-state index in [1.807, 2.05) is 0 Å². The van der Waals surface area contributed by atoms with E-state index in [1.165, 1.54) is 30.1 Å². The Morgan fingerprint density at radius 1 is 1.28 bits per heavy atom. The van der Waals surface area contributed by atoms with Crippen LogP contribution < -0.4 is 5.32 Å². The fraction of sp³-hybridized carbons (Fsp3) is 0.389. The van der Waals surface area contributed by atoms with E-state index in [0.29, 0.717) is 17.0 Å². The number of fused-ring (bicyclic) bond motifs is 1. The van der Waals surface area contributed by atoms with Gasteiger partial charge < -0.3 is 30.1 Å². The van der Waals surface area contributed by atoms with Crippen LogP contribution in [-0.4, -0.2) is 66.9 Å². The van der Waals surface area contributed by atoms with Crippen LogP contribution in [0.3, 0.4) is 0 Å². The Hall–Kier alpha value is -2.86. The summed E-state index contributed by atoms with van der Waals surface area (Å²) in [6, 6.07) is 3.70. The first-order valence-electron chi connectivity index (χ1n) is 8.86. The van der Waals surface area contributed by atoms with Gasteiger partial charge in [0.25, 0.3) is 0 Å². The Morgan fingerprint density at radius 2 is 2.07 bits per heavy atom. The molecule has 10 nitrogen and oxygen atoms in total. The predicted molar refractivity (Wildman–Crippen MR) is 99.2 cm³/mol.